The van der Waals surface area contributed by atoms with Crippen LogP contribution in [0.2, 0.25) is 0 Å². The van der Waals surface area contributed by atoms with Crippen molar-refractivity contribution >= 4 is 41.3 Å². The highest BCUT2D eigenvalue weighted by Crippen LogP contribution is 2.26. The van der Waals surface area contributed by atoms with E-state index < -0.39 is 0 Å². The van der Waals surface area contributed by atoms with Crippen molar-refractivity contribution in [1.82, 2.24) is 20.5 Å². The van der Waals surface area contributed by atoms with E-state index in [0.29, 0.717) is 12.0 Å². The molecule has 2 fully saturated rings. The largest absolute Gasteiger partial charge is 0.352 e. The topological polar surface area (TPSA) is 52.6 Å². The van der Waals surface area contributed by atoms with E-state index in [2.05, 4.69) is 44.7 Å². The van der Waals surface area contributed by atoms with Gasteiger partial charge in [0.1, 0.15) is 0 Å². The van der Waals surface area contributed by atoms with Crippen LogP contribution in [0.5, 0.6) is 0 Å². The van der Waals surface area contributed by atoms with Gasteiger partial charge in [-0.1, -0.05) is 26.7 Å². The zero-order valence-corrected chi connectivity index (χ0v) is 19.5. The van der Waals surface area contributed by atoms with E-state index in [9.17, 15) is 0 Å². The van der Waals surface area contributed by atoms with Gasteiger partial charge in [-0.2, -0.15) is 0 Å². The Hall–Kier alpha value is -0.410. The highest BCUT2D eigenvalue weighted by molar-refractivity contribution is 14.0. The van der Waals surface area contributed by atoms with Crippen molar-refractivity contribution in [2.45, 2.75) is 64.5 Å². The van der Waals surface area contributed by atoms with Crippen LogP contribution in [0.15, 0.2) is 10.4 Å². The number of rotatable bonds is 6. The third-order valence-corrected chi connectivity index (χ3v) is 6.52. The standard InChI is InChI=1S/C19H33N5S.HI/c1-14(2)18-22-17(13-25-18)10-21-19(20-3)23-16-8-9-24(12-16)11-15-6-4-5-7-15;/h13-16H,4-12H2,1-3H3,(H2,20,21,23);1H. The molecule has 1 aliphatic heterocycles. The summed E-state index contributed by atoms with van der Waals surface area (Å²) in [4.78, 5) is 11.7. The molecule has 1 unspecified atom stereocenters. The molecule has 0 spiro atoms. The molecule has 2 aliphatic rings. The van der Waals surface area contributed by atoms with Gasteiger partial charge in [0.25, 0.3) is 0 Å². The molecule has 2 N–H and O–H groups in total. The summed E-state index contributed by atoms with van der Waals surface area (Å²) in [5.41, 5.74) is 1.10. The van der Waals surface area contributed by atoms with Gasteiger partial charge in [0, 0.05) is 44.0 Å². The lowest BCUT2D eigenvalue weighted by molar-refractivity contribution is 0.275. The lowest BCUT2D eigenvalue weighted by Crippen LogP contribution is -2.44. The van der Waals surface area contributed by atoms with Gasteiger partial charge in [-0.15, -0.1) is 35.3 Å². The third kappa shape index (κ3) is 6.34. The minimum atomic E-state index is 0. The minimum absolute atomic E-state index is 0. The number of halogens is 1. The Morgan fingerprint density at radius 1 is 1.35 bits per heavy atom. The van der Waals surface area contributed by atoms with Crippen LogP contribution in [0.25, 0.3) is 0 Å². The van der Waals surface area contributed by atoms with Gasteiger partial charge in [-0.25, -0.2) is 4.98 Å². The summed E-state index contributed by atoms with van der Waals surface area (Å²) in [5.74, 6) is 2.34. The molecule has 3 rings (SSSR count). The van der Waals surface area contributed by atoms with Crippen LogP contribution in [0.4, 0.5) is 0 Å². The maximum atomic E-state index is 4.68. The molecule has 1 atom stereocenters. The molecule has 0 radical (unpaired) electrons. The van der Waals surface area contributed by atoms with Crippen LogP contribution >= 0.6 is 35.3 Å². The normalized spacial score (nSPS) is 22.0. The lowest BCUT2D eigenvalue weighted by Gasteiger charge is -2.21. The van der Waals surface area contributed by atoms with E-state index >= 15 is 0 Å². The molecule has 0 amide bonds. The first-order chi connectivity index (χ1) is 12.1. The molecule has 1 aromatic rings. The number of thiazole rings is 1. The van der Waals surface area contributed by atoms with Crippen molar-refractivity contribution in [2.75, 3.05) is 26.7 Å². The maximum absolute atomic E-state index is 4.68. The van der Waals surface area contributed by atoms with Gasteiger partial charge in [0.15, 0.2) is 5.96 Å². The minimum Gasteiger partial charge on any atom is -0.352 e. The Balaban J connectivity index is 0.00000243. The Morgan fingerprint density at radius 2 is 2.12 bits per heavy atom. The van der Waals surface area contributed by atoms with E-state index in [1.165, 1.54) is 50.2 Å². The van der Waals surface area contributed by atoms with Gasteiger partial charge >= 0.3 is 0 Å². The summed E-state index contributed by atoms with van der Waals surface area (Å²) >= 11 is 1.75. The number of nitrogens with one attached hydrogen (secondary N) is 2. The van der Waals surface area contributed by atoms with Crippen molar-refractivity contribution < 1.29 is 0 Å². The van der Waals surface area contributed by atoms with Gasteiger partial charge in [0.2, 0.25) is 0 Å². The number of hydrogen-bond acceptors (Lipinski definition) is 4. The molecule has 0 bridgehead atoms. The fourth-order valence-electron chi connectivity index (χ4n) is 3.91. The molecule has 148 valence electrons. The number of hydrogen-bond donors (Lipinski definition) is 2. The zero-order chi connectivity index (χ0) is 17.6. The van der Waals surface area contributed by atoms with E-state index in [4.69, 9.17) is 0 Å². The Labute approximate surface area is 179 Å². The Kier molecular flexibility index (Phi) is 9.09. The molecule has 1 saturated carbocycles. The summed E-state index contributed by atoms with van der Waals surface area (Å²) < 4.78 is 0. The Bertz CT molecular complexity index is 568. The molecule has 26 heavy (non-hydrogen) atoms. The van der Waals surface area contributed by atoms with E-state index in [0.717, 1.165) is 30.7 Å². The fourth-order valence-corrected chi connectivity index (χ4v) is 4.74. The highest BCUT2D eigenvalue weighted by atomic mass is 127. The van der Waals surface area contributed by atoms with Crippen molar-refractivity contribution in [3.05, 3.63) is 16.1 Å². The van der Waals surface area contributed by atoms with Gasteiger partial charge in [-0.05, 0) is 25.2 Å². The number of aliphatic imine (C=N–C) groups is 1. The molecular weight excluding hydrogens is 457 g/mol. The summed E-state index contributed by atoms with van der Waals surface area (Å²) in [7, 11) is 1.85. The predicted molar refractivity (Wildman–Crippen MR) is 122 cm³/mol. The first-order valence-electron chi connectivity index (χ1n) is 9.78. The Morgan fingerprint density at radius 3 is 2.77 bits per heavy atom. The molecule has 1 aliphatic carbocycles. The summed E-state index contributed by atoms with van der Waals surface area (Å²) in [5, 5.41) is 10.4. The second-order valence-electron chi connectivity index (χ2n) is 7.80. The van der Waals surface area contributed by atoms with Crippen LogP contribution < -0.4 is 10.6 Å². The van der Waals surface area contributed by atoms with Gasteiger partial charge in [-0.3, -0.25) is 4.99 Å². The van der Waals surface area contributed by atoms with Gasteiger partial charge in [0.05, 0.1) is 17.2 Å². The number of likely N-dealkylation sites (tertiary alicyclic amines) is 1. The smallest absolute Gasteiger partial charge is 0.191 e. The fraction of sp³-hybridized carbons (Fsp3) is 0.789. The van der Waals surface area contributed by atoms with E-state index in [1.807, 2.05) is 7.05 Å². The van der Waals surface area contributed by atoms with Crippen molar-refractivity contribution in [3.8, 4) is 0 Å². The molecule has 7 heteroatoms. The second-order valence-corrected chi connectivity index (χ2v) is 8.69. The average Bonchev–Trinajstić information content (AvgIpc) is 3.34. The average molecular weight is 491 g/mol. The lowest BCUT2D eigenvalue weighted by atomic mass is 10.1. The van der Waals surface area contributed by atoms with Gasteiger partial charge < -0.3 is 15.5 Å². The van der Waals surface area contributed by atoms with E-state index in [1.54, 1.807) is 11.3 Å². The molecule has 0 aromatic carbocycles. The van der Waals surface area contributed by atoms with Crippen molar-refractivity contribution in [1.29, 1.82) is 0 Å². The zero-order valence-electron chi connectivity index (χ0n) is 16.3. The van der Waals surface area contributed by atoms with Crippen LogP contribution in [0.1, 0.15) is 62.6 Å². The SMILES string of the molecule is CN=C(NCc1csc(C(C)C)n1)NC1CCN(CC2CCCC2)C1.I. The van der Waals surface area contributed by atoms with Crippen molar-refractivity contribution in [2.24, 2.45) is 10.9 Å². The van der Waals surface area contributed by atoms with Crippen LogP contribution in [0, 0.1) is 5.92 Å². The first-order valence-corrected chi connectivity index (χ1v) is 10.7. The quantitative estimate of drug-likeness (QED) is 0.361. The van der Waals surface area contributed by atoms with E-state index in [-0.39, 0.29) is 24.0 Å². The number of nitrogens with zero attached hydrogens (tertiary/aromatic N) is 3. The highest BCUT2D eigenvalue weighted by Gasteiger charge is 2.26. The predicted octanol–water partition coefficient (Wildman–Crippen LogP) is 3.81. The molecule has 1 aromatic heterocycles. The molecule has 1 saturated heterocycles. The van der Waals surface area contributed by atoms with Crippen LogP contribution in [-0.4, -0.2) is 48.6 Å². The summed E-state index contributed by atoms with van der Waals surface area (Å²) in [6, 6.07) is 0.509. The third-order valence-electron chi connectivity index (χ3n) is 5.33. The molecule has 5 nitrogen and oxygen atoms in total. The number of guanidine groups is 1. The first kappa shape index (κ1) is 21.9. The van der Waals surface area contributed by atoms with Crippen molar-refractivity contribution in [3.63, 3.8) is 0 Å². The summed E-state index contributed by atoms with van der Waals surface area (Å²) in [6.45, 7) is 8.77. The molecule has 2 heterocycles. The monoisotopic (exact) mass is 491 g/mol. The van der Waals surface area contributed by atoms with Crippen LogP contribution in [-0.2, 0) is 6.54 Å². The molecular formula is C19H34IN5S. The van der Waals surface area contributed by atoms with Crippen LogP contribution in [0.3, 0.4) is 0 Å². The summed E-state index contributed by atoms with van der Waals surface area (Å²) in [6.07, 6.45) is 6.95. The maximum Gasteiger partial charge on any atom is 0.191 e. The number of aromatic nitrogens is 1. The second kappa shape index (κ2) is 10.8.